The Morgan fingerprint density at radius 1 is 1.36 bits per heavy atom. The quantitative estimate of drug-likeness (QED) is 0.803. The first-order chi connectivity index (χ1) is 6.54. The van der Waals surface area contributed by atoms with Gasteiger partial charge in [0.25, 0.3) is 0 Å². The van der Waals surface area contributed by atoms with Gasteiger partial charge in [0.15, 0.2) is 5.78 Å². The van der Waals surface area contributed by atoms with Gasteiger partial charge in [-0.1, -0.05) is 32.0 Å². The maximum absolute atomic E-state index is 13.2. The number of hydrogen-bond acceptors (Lipinski definition) is 2. The molecular formula is C11H13FO2. The van der Waals surface area contributed by atoms with Crippen molar-refractivity contribution >= 4 is 5.78 Å². The third-order valence-corrected chi connectivity index (χ3v) is 2.04. The van der Waals surface area contributed by atoms with E-state index >= 15 is 0 Å². The van der Waals surface area contributed by atoms with Gasteiger partial charge < -0.3 is 5.11 Å². The van der Waals surface area contributed by atoms with Crippen LogP contribution in [0.2, 0.25) is 0 Å². The summed E-state index contributed by atoms with van der Waals surface area (Å²) in [5, 5.41) is 9.55. The standard InChI is InChI=1S/C11H13FO2/c1-7(2)10(13)11(14)8-5-3-4-6-9(8)12/h3-7,11,14H,1-2H3/t11-/m0/s1. The fourth-order valence-corrected chi connectivity index (χ4v) is 1.17. The van der Waals surface area contributed by atoms with Crippen LogP contribution >= 0.6 is 0 Å². The maximum Gasteiger partial charge on any atom is 0.168 e. The van der Waals surface area contributed by atoms with E-state index < -0.39 is 11.9 Å². The number of carbonyl (C=O) groups is 1. The van der Waals surface area contributed by atoms with E-state index in [1.807, 2.05) is 0 Å². The third-order valence-electron chi connectivity index (χ3n) is 2.04. The number of Topliss-reactive ketones (excluding diaryl/α,β-unsaturated/α-hetero) is 1. The molecule has 0 fully saturated rings. The SMILES string of the molecule is CC(C)C(=O)[C@@H](O)c1ccccc1F. The zero-order chi connectivity index (χ0) is 10.7. The number of benzene rings is 1. The van der Waals surface area contributed by atoms with E-state index in [4.69, 9.17) is 0 Å². The van der Waals surface area contributed by atoms with Gasteiger partial charge in [0.05, 0.1) is 0 Å². The molecular weight excluding hydrogens is 183 g/mol. The zero-order valence-corrected chi connectivity index (χ0v) is 8.20. The van der Waals surface area contributed by atoms with E-state index in [1.165, 1.54) is 18.2 Å². The molecule has 0 heterocycles. The molecule has 0 aromatic heterocycles. The molecule has 1 aromatic rings. The molecule has 1 atom stereocenters. The Kier molecular flexibility index (Phi) is 3.36. The number of ketones is 1. The predicted octanol–water partition coefficient (Wildman–Crippen LogP) is 2.08. The zero-order valence-electron chi connectivity index (χ0n) is 8.20. The summed E-state index contributed by atoms with van der Waals surface area (Å²) in [6, 6.07) is 5.76. The second kappa shape index (κ2) is 4.33. The molecule has 3 heteroatoms. The topological polar surface area (TPSA) is 37.3 Å². The average Bonchev–Trinajstić information content (AvgIpc) is 2.16. The van der Waals surface area contributed by atoms with Crippen LogP contribution < -0.4 is 0 Å². The first-order valence-corrected chi connectivity index (χ1v) is 4.50. The van der Waals surface area contributed by atoms with E-state index in [9.17, 15) is 14.3 Å². The van der Waals surface area contributed by atoms with Crippen molar-refractivity contribution in [3.05, 3.63) is 35.6 Å². The highest BCUT2D eigenvalue weighted by Crippen LogP contribution is 2.20. The Bertz CT molecular complexity index is 334. The van der Waals surface area contributed by atoms with Crippen molar-refractivity contribution in [2.45, 2.75) is 20.0 Å². The highest BCUT2D eigenvalue weighted by Gasteiger charge is 2.22. The number of aliphatic hydroxyl groups excluding tert-OH is 1. The Morgan fingerprint density at radius 3 is 2.43 bits per heavy atom. The van der Waals surface area contributed by atoms with Crippen molar-refractivity contribution in [1.29, 1.82) is 0 Å². The van der Waals surface area contributed by atoms with Crippen LogP contribution in [-0.4, -0.2) is 10.9 Å². The second-order valence-electron chi connectivity index (χ2n) is 3.48. The number of halogens is 1. The van der Waals surface area contributed by atoms with Gasteiger partial charge in [0, 0.05) is 11.5 Å². The van der Waals surface area contributed by atoms with Crippen molar-refractivity contribution in [2.75, 3.05) is 0 Å². The summed E-state index contributed by atoms with van der Waals surface area (Å²) in [6.45, 7) is 3.35. The van der Waals surface area contributed by atoms with E-state index in [2.05, 4.69) is 0 Å². The largest absolute Gasteiger partial charge is 0.380 e. The molecule has 0 saturated heterocycles. The van der Waals surface area contributed by atoms with Crippen molar-refractivity contribution in [2.24, 2.45) is 5.92 Å². The predicted molar refractivity (Wildman–Crippen MR) is 51.2 cm³/mol. The summed E-state index contributed by atoms with van der Waals surface area (Å²) in [7, 11) is 0. The number of carbonyl (C=O) groups excluding carboxylic acids is 1. The van der Waals surface area contributed by atoms with Crippen molar-refractivity contribution < 1.29 is 14.3 Å². The normalized spacial score (nSPS) is 12.9. The fourth-order valence-electron chi connectivity index (χ4n) is 1.17. The van der Waals surface area contributed by atoms with Crippen LogP contribution in [0.1, 0.15) is 25.5 Å². The lowest BCUT2D eigenvalue weighted by Gasteiger charge is -2.12. The summed E-state index contributed by atoms with van der Waals surface area (Å²) in [5.74, 6) is -1.21. The highest BCUT2D eigenvalue weighted by molar-refractivity contribution is 5.85. The molecule has 0 spiro atoms. The molecule has 0 aliphatic rings. The summed E-state index contributed by atoms with van der Waals surface area (Å²) in [6.07, 6.45) is -1.35. The molecule has 14 heavy (non-hydrogen) atoms. The lowest BCUT2D eigenvalue weighted by atomic mass is 9.98. The Labute approximate surface area is 82.4 Å². The first-order valence-electron chi connectivity index (χ1n) is 4.50. The molecule has 0 bridgehead atoms. The monoisotopic (exact) mass is 196 g/mol. The molecule has 1 rings (SSSR count). The molecule has 2 nitrogen and oxygen atoms in total. The number of aliphatic hydroxyl groups is 1. The fraction of sp³-hybridized carbons (Fsp3) is 0.364. The van der Waals surface area contributed by atoms with Crippen molar-refractivity contribution in [3.8, 4) is 0 Å². The minimum Gasteiger partial charge on any atom is -0.380 e. The molecule has 1 aromatic carbocycles. The second-order valence-corrected chi connectivity index (χ2v) is 3.48. The highest BCUT2D eigenvalue weighted by atomic mass is 19.1. The summed E-state index contributed by atoms with van der Waals surface area (Å²) in [4.78, 5) is 11.4. The van der Waals surface area contributed by atoms with Gasteiger partial charge in [-0.3, -0.25) is 4.79 Å². The molecule has 0 aliphatic carbocycles. The molecule has 0 unspecified atom stereocenters. The van der Waals surface area contributed by atoms with Gasteiger partial charge in [0.1, 0.15) is 11.9 Å². The van der Waals surface area contributed by atoms with Crippen LogP contribution in [0.25, 0.3) is 0 Å². The van der Waals surface area contributed by atoms with E-state index in [1.54, 1.807) is 19.9 Å². The summed E-state index contributed by atoms with van der Waals surface area (Å²) in [5.41, 5.74) is 0.0474. The average molecular weight is 196 g/mol. The van der Waals surface area contributed by atoms with Crippen LogP contribution in [0, 0.1) is 11.7 Å². The third kappa shape index (κ3) is 2.17. The number of hydrogen-bond donors (Lipinski definition) is 1. The van der Waals surface area contributed by atoms with Gasteiger partial charge in [-0.05, 0) is 6.07 Å². The van der Waals surface area contributed by atoms with Crippen LogP contribution in [0.3, 0.4) is 0 Å². The lowest BCUT2D eigenvalue weighted by molar-refractivity contribution is -0.130. The van der Waals surface area contributed by atoms with Crippen molar-refractivity contribution in [3.63, 3.8) is 0 Å². The lowest BCUT2D eigenvalue weighted by Crippen LogP contribution is -2.18. The van der Waals surface area contributed by atoms with Gasteiger partial charge in [-0.15, -0.1) is 0 Å². The summed E-state index contributed by atoms with van der Waals surface area (Å²) < 4.78 is 13.2. The van der Waals surface area contributed by atoms with Crippen LogP contribution in [0.5, 0.6) is 0 Å². The minimum absolute atomic E-state index is 0.0474. The van der Waals surface area contributed by atoms with Gasteiger partial charge >= 0.3 is 0 Å². The smallest absolute Gasteiger partial charge is 0.168 e. The molecule has 0 aliphatic heterocycles. The molecule has 0 saturated carbocycles. The first kappa shape index (κ1) is 10.9. The van der Waals surface area contributed by atoms with Crippen LogP contribution in [0.15, 0.2) is 24.3 Å². The van der Waals surface area contributed by atoms with E-state index in [0.717, 1.165) is 0 Å². The Balaban J connectivity index is 2.95. The van der Waals surface area contributed by atoms with Gasteiger partial charge in [0.2, 0.25) is 0 Å². The van der Waals surface area contributed by atoms with Crippen LogP contribution in [-0.2, 0) is 4.79 Å². The molecule has 76 valence electrons. The summed E-state index contributed by atoms with van der Waals surface area (Å²) >= 11 is 0. The maximum atomic E-state index is 13.2. The van der Waals surface area contributed by atoms with Gasteiger partial charge in [-0.25, -0.2) is 4.39 Å². The Hall–Kier alpha value is -1.22. The molecule has 1 N–H and O–H groups in total. The molecule has 0 radical (unpaired) electrons. The van der Waals surface area contributed by atoms with Crippen LogP contribution in [0.4, 0.5) is 4.39 Å². The van der Waals surface area contributed by atoms with Crippen molar-refractivity contribution in [1.82, 2.24) is 0 Å². The van der Waals surface area contributed by atoms with E-state index in [-0.39, 0.29) is 17.3 Å². The molecule has 0 amide bonds. The Morgan fingerprint density at radius 2 is 1.93 bits per heavy atom. The van der Waals surface area contributed by atoms with Gasteiger partial charge in [-0.2, -0.15) is 0 Å². The van der Waals surface area contributed by atoms with E-state index in [0.29, 0.717) is 0 Å². The minimum atomic E-state index is -1.35. The number of rotatable bonds is 3.